The lowest BCUT2D eigenvalue weighted by Crippen LogP contribution is -2.30. The molecule has 1 aliphatic heterocycles. The van der Waals surface area contributed by atoms with Crippen LogP contribution in [0.2, 0.25) is 0 Å². The number of nitrogens with zero attached hydrogens (tertiary/aromatic N) is 1. The van der Waals surface area contributed by atoms with Crippen molar-refractivity contribution >= 4 is 11.4 Å². The number of rotatable bonds is 2. The first-order chi connectivity index (χ1) is 12.0. The number of hydrogen-bond donors (Lipinski definition) is 1. The molecule has 25 heavy (non-hydrogen) atoms. The Labute approximate surface area is 145 Å². The van der Waals surface area contributed by atoms with E-state index in [1.54, 1.807) is 18.2 Å². The smallest absolute Gasteiger partial charge is 0.292 e. The standard InChI is InChI=1S/C20H19FN2O2/c1-11-10-17(23(24)25)20-18(12(11)2)15-4-3-5-16(15)19(22-20)13-6-8-14(21)9-7-13/h3-4,6-10,15-16,19,22H,5H2,1-2H3/t15-,16-,19+/m1/s1. The minimum atomic E-state index is -0.320. The zero-order chi connectivity index (χ0) is 17.7. The van der Waals surface area contributed by atoms with Crippen molar-refractivity contribution in [3.05, 3.63) is 80.7 Å². The minimum absolute atomic E-state index is 0.0751. The van der Waals surface area contributed by atoms with Gasteiger partial charge in [-0.15, -0.1) is 0 Å². The third-order valence-corrected chi connectivity index (χ3v) is 5.57. The predicted octanol–water partition coefficient (Wildman–Crippen LogP) is 5.18. The number of hydrogen-bond acceptors (Lipinski definition) is 3. The molecule has 2 aromatic carbocycles. The van der Waals surface area contributed by atoms with E-state index in [-0.39, 0.29) is 34.3 Å². The predicted molar refractivity (Wildman–Crippen MR) is 95.3 cm³/mol. The van der Waals surface area contributed by atoms with Gasteiger partial charge in [0.1, 0.15) is 11.5 Å². The Hall–Kier alpha value is -2.69. The van der Waals surface area contributed by atoms with Crippen LogP contribution < -0.4 is 5.32 Å². The Morgan fingerprint density at radius 1 is 1.24 bits per heavy atom. The normalized spacial score (nSPS) is 23.7. The van der Waals surface area contributed by atoms with E-state index in [1.807, 2.05) is 13.8 Å². The molecule has 4 rings (SSSR count). The summed E-state index contributed by atoms with van der Waals surface area (Å²) in [4.78, 5) is 11.3. The molecule has 0 aromatic heterocycles. The number of nitro benzene ring substituents is 1. The van der Waals surface area contributed by atoms with Crippen molar-refractivity contribution in [2.75, 3.05) is 5.32 Å². The van der Waals surface area contributed by atoms with Crippen LogP contribution in [0.25, 0.3) is 0 Å². The molecule has 5 heteroatoms. The van der Waals surface area contributed by atoms with Crippen LogP contribution in [-0.4, -0.2) is 4.92 Å². The number of nitro groups is 1. The van der Waals surface area contributed by atoms with Crippen molar-refractivity contribution in [2.24, 2.45) is 5.92 Å². The van der Waals surface area contributed by atoms with Gasteiger partial charge in [0.15, 0.2) is 0 Å². The highest BCUT2D eigenvalue weighted by Crippen LogP contribution is 2.53. The van der Waals surface area contributed by atoms with Gasteiger partial charge in [0.2, 0.25) is 0 Å². The van der Waals surface area contributed by atoms with Crippen LogP contribution in [-0.2, 0) is 0 Å². The molecule has 0 saturated carbocycles. The largest absolute Gasteiger partial charge is 0.372 e. The highest BCUT2D eigenvalue weighted by molar-refractivity contribution is 5.74. The Kier molecular flexibility index (Phi) is 3.60. The van der Waals surface area contributed by atoms with Crippen LogP contribution in [0.1, 0.15) is 40.6 Å². The number of halogens is 1. The molecule has 0 bridgehead atoms. The molecule has 1 N–H and O–H groups in total. The molecule has 2 aromatic rings. The maximum Gasteiger partial charge on any atom is 0.292 e. The quantitative estimate of drug-likeness (QED) is 0.466. The Bertz CT molecular complexity index is 890. The summed E-state index contributed by atoms with van der Waals surface area (Å²) in [6.45, 7) is 3.95. The van der Waals surface area contributed by atoms with Crippen LogP contribution in [0.3, 0.4) is 0 Å². The molecule has 0 amide bonds. The molecule has 0 unspecified atom stereocenters. The van der Waals surface area contributed by atoms with Gasteiger partial charge in [-0.25, -0.2) is 4.39 Å². The molecule has 0 spiro atoms. The molecule has 0 fully saturated rings. The second-order valence-corrected chi connectivity index (χ2v) is 6.91. The maximum absolute atomic E-state index is 13.3. The van der Waals surface area contributed by atoms with Crippen LogP contribution in [0, 0.1) is 35.7 Å². The topological polar surface area (TPSA) is 55.2 Å². The minimum Gasteiger partial charge on any atom is -0.372 e. The molecular formula is C20H19FN2O2. The maximum atomic E-state index is 13.3. The number of nitrogens with one attached hydrogen (secondary N) is 1. The lowest BCUT2D eigenvalue weighted by Gasteiger charge is -2.38. The lowest BCUT2D eigenvalue weighted by molar-refractivity contribution is -0.384. The highest BCUT2D eigenvalue weighted by Gasteiger charge is 2.41. The average molecular weight is 338 g/mol. The van der Waals surface area contributed by atoms with E-state index in [4.69, 9.17) is 0 Å². The summed E-state index contributed by atoms with van der Waals surface area (Å²) in [5, 5.41) is 15.0. The van der Waals surface area contributed by atoms with E-state index in [1.165, 1.54) is 12.1 Å². The summed E-state index contributed by atoms with van der Waals surface area (Å²) in [6, 6.07) is 7.98. The SMILES string of the molecule is Cc1cc([N+](=O)[O-])c2c(c1C)[C@@H]1C=CC[C@H]1[C@H](c1ccc(F)cc1)N2. The number of benzene rings is 2. The van der Waals surface area contributed by atoms with Crippen molar-refractivity contribution in [2.45, 2.75) is 32.2 Å². The molecule has 0 radical (unpaired) electrons. The molecule has 4 nitrogen and oxygen atoms in total. The summed E-state index contributed by atoms with van der Waals surface area (Å²) in [5.41, 5.74) is 4.75. The number of aryl methyl sites for hydroxylation is 1. The molecule has 3 atom stereocenters. The van der Waals surface area contributed by atoms with Crippen LogP contribution >= 0.6 is 0 Å². The fraction of sp³-hybridized carbons (Fsp3) is 0.300. The lowest BCUT2D eigenvalue weighted by atomic mass is 9.74. The Morgan fingerprint density at radius 3 is 2.64 bits per heavy atom. The van der Waals surface area contributed by atoms with Gasteiger partial charge in [-0.1, -0.05) is 24.3 Å². The Morgan fingerprint density at radius 2 is 1.96 bits per heavy atom. The third kappa shape index (κ3) is 2.42. The summed E-state index contributed by atoms with van der Waals surface area (Å²) in [7, 11) is 0. The summed E-state index contributed by atoms with van der Waals surface area (Å²) >= 11 is 0. The molecule has 128 valence electrons. The third-order valence-electron chi connectivity index (χ3n) is 5.57. The second-order valence-electron chi connectivity index (χ2n) is 6.91. The average Bonchev–Trinajstić information content (AvgIpc) is 3.07. The van der Waals surface area contributed by atoms with Gasteiger partial charge in [0.05, 0.1) is 11.0 Å². The van der Waals surface area contributed by atoms with Crippen molar-refractivity contribution in [3.8, 4) is 0 Å². The van der Waals surface area contributed by atoms with Gasteiger partial charge in [0.25, 0.3) is 5.69 Å². The second kappa shape index (κ2) is 5.69. The van der Waals surface area contributed by atoms with Gasteiger partial charge in [-0.2, -0.15) is 0 Å². The van der Waals surface area contributed by atoms with Gasteiger partial charge in [0, 0.05) is 12.0 Å². The van der Waals surface area contributed by atoms with Crippen molar-refractivity contribution in [1.82, 2.24) is 0 Å². The Balaban J connectivity index is 1.90. The number of anilines is 1. The van der Waals surface area contributed by atoms with Gasteiger partial charge in [-0.05, 0) is 60.6 Å². The first-order valence-electron chi connectivity index (χ1n) is 8.44. The molecule has 2 aliphatic rings. The van der Waals surface area contributed by atoms with Crippen molar-refractivity contribution in [1.29, 1.82) is 0 Å². The van der Waals surface area contributed by atoms with Crippen molar-refractivity contribution < 1.29 is 9.31 Å². The van der Waals surface area contributed by atoms with Crippen LogP contribution in [0.4, 0.5) is 15.8 Å². The van der Waals surface area contributed by atoms with E-state index in [9.17, 15) is 14.5 Å². The highest BCUT2D eigenvalue weighted by atomic mass is 19.1. The van der Waals surface area contributed by atoms with E-state index in [0.717, 1.165) is 28.7 Å². The zero-order valence-electron chi connectivity index (χ0n) is 14.1. The monoisotopic (exact) mass is 338 g/mol. The van der Waals surface area contributed by atoms with Gasteiger partial charge < -0.3 is 5.32 Å². The van der Waals surface area contributed by atoms with E-state index >= 15 is 0 Å². The fourth-order valence-corrected chi connectivity index (χ4v) is 4.22. The molecule has 0 saturated heterocycles. The van der Waals surface area contributed by atoms with E-state index in [0.29, 0.717) is 5.69 Å². The zero-order valence-corrected chi connectivity index (χ0v) is 14.1. The van der Waals surface area contributed by atoms with Gasteiger partial charge >= 0.3 is 0 Å². The number of fused-ring (bicyclic) bond motifs is 3. The number of allylic oxidation sites excluding steroid dienone is 2. The molecule has 1 aliphatic carbocycles. The summed E-state index contributed by atoms with van der Waals surface area (Å²) in [6.07, 6.45) is 5.22. The summed E-state index contributed by atoms with van der Waals surface area (Å²) < 4.78 is 13.3. The first-order valence-corrected chi connectivity index (χ1v) is 8.44. The summed E-state index contributed by atoms with van der Waals surface area (Å²) in [5.74, 6) is 0.140. The van der Waals surface area contributed by atoms with E-state index < -0.39 is 0 Å². The molecule has 1 heterocycles. The van der Waals surface area contributed by atoms with E-state index in [2.05, 4.69) is 17.5 Å². The van der Waals surface area contributed by atoms with Crippen LogP contribution in [0.15, 0.2) is 42.5 Å². The fourth-order valence-electron chi connectivity index (χ4n) is 4.22. The van der Waals surface area contributed by atoms with Crippen LogP contribution in [0.5, 0.6) is 0 Å². The first kappa shape index (κ1) is 15.8. The van der Waals surface area contributed by atoms with Gasteiger partial charge in [-0.3, -0.25) is 10.1 Å². The van der Waals surface area contributed by atoms with Crippen molar-refractivity contribution in [3.63, 3.8) is 0 Å². The molecular weight excluding hydrogens is 319 g/mol.